The number of aryl methyl sites for hydroxylation is 1. The van der Waals surface area contributed by atoms with E-state index in [0.717, 1.165) is 39.8 Å². The van der Waals surface area contributed by atoms with Gasteiger partial charge in [0.1, 0.15) is 4.88 Å². The maximum Gasteiger partial charge on any atom is 0.264 e. The number of carbonyl (C=O) groups excluding carboxylic acids is 1. The fourth-order valence-corrected chi connectivity index (χ4v) is 4.61. The molecule has 122 valence electrons. The first-order valence-electron chi connectivity index (χ1n) is 8.08. The summed E-state index contributed by atoms with van der Waals surface area (Å²) in [5.74, 6) is 0.0299. The second-order valence-electron chi connectivity index (χ2n) is 6.24. The van der Waals surface area contributed by atoms with Gasteiger partial charge in [0, 0.05) is 29.2 Å². The van der Waals surface area contributed by atoms with Crippen molar-refractivity contribution in [2.24, 2.45) is 0 Å². The van der Waals surface area contributed by atoms with E-state index in [1.54, 1.807) is 11.3 Å². The van der Waals surface area contributed by atoms with Crippen LogP contribution in [-0.4, -0.2) is 46.9 Å². The minimum Gasteiger partial charge on any atom is -0.337 e. The molecule has 2 aromatic heterocycles. The van der Waals surface area contributed by atoms with Gasteiger partial charge in [-0.2, -0.15) is 5.10 Å². The molecule has 0 aromatic carbocycles. The zero-order valence-corrected chi connectivity index (χ0v) is 14.2. The summed E-state index contributed by atoms with van der Waals surface area (Å²) in [6.07, 6.45) is 4.66. The standard InChI is InChI=1S/C16H21N5OS/c1-10-12(8-18-19-10)14-7-13-15(23-14)16(22)17-9-21(13)11(2)20-5-3-4-6-20/h7-8,11H,3-6,9H2,1-2H3,(H,17,22)(H,18,19). The van der Waals surface area contributed by atoms with Gasteiger partial charge in [0.15, 0.2) is 0 Å². The molecule has 0 radical (unpaired) electrons. The van der Waals surface area contributed by atoms with Crippen molar-refractivity contribution in [1.82, 2.24) is 20.4 Å². The fourth-order valence-electron chi connectivity index (χ4n) is 3.46. The molecule has 1 atom stereocenters. The largest absolute Gasteiger partial charge is 0.337 e. The average molecular weight is 331 g/mol. The highest BCUT2D eigenvalue weighted by molar-refractivity contribution is 7.18. The van der Waals surface area contributed by atoms with Gasteiger partial charge in [0.2, 0.25) is 0 Å². The number of nitrogens with one attached hydrogen (secondary N) is 2. The lowest BCUT2D eigenvalue weighted by molar-refractivity contribution is 0.0945. The van der Waals surface area contributed by atoms with Crippen LogP contribution in [0, 0.1) is 6.92 Å². The molecule has 2 aliphatic rings. The molecule has 1 saturated heterocycles. The SMILES string of the molecule is Cc1[nH]ncc1-c1cc2c(s1)C(=O)NCN2C(C)N1CCCC1. The molecule has 4 heterocycles. The number of amides is 1. The van der Waals surface area contributed by atoms with Gasteiger partial charge in [-0.3, -0.25) is 14.8 Å². The highest BCUT2D eigenvalue weighted by atomic mass is 32.1. The molecule has 7 heteroatoms. The molecule has 4 rings (SSSR count). The number of carbonyl (C=O) groups is 1. The molecule has 0 bridgehead atoms. The van der Waals surface area contributed by atoms with Crippen LogP contribution in [0.5, 0.6) is 0 Å². The third kappa shape index (κ3) is 2.44. The molecule has 0 aliphatic carbocycles. The van der Waals surface area contributed by atoms with Crippen molar-refractivity contribution in [1.29, 1.82) is 0 Å². The number of anilines is 1. The second-order valence-corrected chi connectivity index (χ2v) is 7.29. The summed E-state index contributed by atoms with van der Waals surface area (Å²) in [4.78, 5) is 19.0. The van der Waals surface area contributed by atoms with Crippen LogP contribution < -0.4 is 10.2 Å². The van der Waals surface area contributed by atoms with E-state index < -0.39 is 0 Å². The Hall–Kier alpha value is -1.86. The molecule has 0 spiro atoms. The Morgan fingerprint density at radius 2 is 2.13 bits per heavy atom. The number of aromatic amines is 1. The number of hydrogen-bond acceptors (Lipinski definition) is 5. The number of H-pyrrole nitrogens is 1. The first-order valence-corrected chi connectivity index (χ1v) is 8.90. The summed E-state index contributed by atoms with van der Waals surface area (Å²) in [7, 11) is 0. The first kappa shape index (κ1) is 14.7. The summed E-state index contributed by atoms with van der Waals surface area (Å²) in [5.41, 5.74) is 3.16. The van der Waals surface area contributed by atoms with Crippen LogP contribution in [0.1, 0.15) is 35.1 Å². The predicted molar refractivity (Wildman–Crippen MR) is 91.7 cm³/mol. The number of likely N-dealkylation sites (tertiary alicyclic amines) is 1. The highest BCUT2D eigenvalue weighted by Crippen LogP contribution is 2.40. The summed E-state index contributed by atoms with van der Waals surface area (Å²) in [6, 6.07) is 2.14. The van der Waals surface area contributed by atoms with E-state index in [-0.39, 0.29) is 5.91 Å². The normalized spacial score (nSPS) is 19.7. The smallest absolute Gasteiger partial charge is 0.264 e. The van der Waals surface area contributed by atoms with Gasteiger partial charge in [-0.15, -0.1) is 11.3 Å². The van der Waals surface area contributed by atoms with E-state index in [9.17, 15) is 4.79 Å². The molecule has 2 aliphatic heterocycles. The topological polar surface area (TPSA) is 64.3 Å². The monoisotopic (exact) mass is 331 g/mol. The number of fused-ring (bicyclic) bond motifs is 1. The predicted octanol–water partition coefficient (Wildman–Crippen LogP) is 2.40. The molecule has 2 aromatic rings. The van der Waals surface area contributed by atoms with Crippen molar-refractivity contribution < 1.29 is 4.79 Å². The minimum atomic E-state index is 0.0299. The van der Waals surface area contributed by atoms with E-state index in [1.807, 2.05) is 13.1 Å². The Labute approximate surface area is 139 Å². The molecule has 1 fully saturated rings. The maximum absolute atomic E-state index is 12.3. The van der Waals surface area contributed by atoms with Gasteiger partial charge in [0.25, 0.3) is 5.91 Å². The van der Waals surface area contributed by atoms with Gasteiger partial charge in [0.05, 0.1) is 24.7 Å². The minimum absolute atomic E-state index is 0.0299. The molecule has 1 unspecified atom stereocenters. The summed E-state index contributed by atoms with van der Waals surface area (Å²) in [5, 5.41) is 10.1. The van der Waals surface area contributed by atoms with E-state index >= 15 is 0 Å². The van der Waals surface area contributed by atoms with E-state index in [4.69, 9.17) is 0 Å². The van der Waals surface area contributed by atoms with Gasteiger partial charge in [-0.1, -0.05) is 0 Å². The van der Waals surface area contributed by atoms with E-state index in [1.165, 1.54) is 12.8 Å². The second kappa shape index (κ2) is 5.65. The van der Waals surface area contributed by atoms with Crippen LogP contribution in [0.15, 0.2) is 12.3 Å². The first-order chi connectivity index (χ1) is 11.1. The molecule has 1 amide bonds. The lowest BCUT2D eigenvalue weighted by Gasteiger charge is -2.38. The lowest BCUT2D eigenvalue weighted by atomic mass is 10.2. The average Bonchev–Trinajstić information content (AvgIpc) is 3.26. The third-order valence-corrected chi connectivity index (χ3v) is 6.01. The Morgan fingerprint density at radius 1 is 1.35 bits per heavy atom. The summed E-state index contributed by atoms with van der Waals surface area (Å²) in [6.45, 7) is 7.08. The van der Waals surface area contributed by atoms with Gasteiger partial charge >= 0.3 is 0 Å². The third-order valence-electron chi connectivity index (χ3n) is 4.85. The fraction of sp³-hybridized carbons (Fsp3) is 0.500. The number of aromatic nitrogens is 2. The number of hydrogen-bond donors (Lipinski definition) is 2. The van der Waals surface area contributed by atoms with Crippen molar-refractivity contribution in [2.75, 3.05) is 24.7 Å². The Bertz CT molecular complexity index is 731. The Balaban J connectivity index is 1.71. The maximum atomic E-state index is 12.3. The van der Waals surface area contributed by atoms with E-state index in [2.05, 4.69) is 38.3 Å². The Morgan fingerprint density at radius 3 is 2.83 bits per heavy atom. The molecule has 6 nitrogen and oxygen atoms in total. The highest BCUT2D eigenvalue weighted by Gasteiger charge is 2.32. The molecule has 0 saturated carbocycles. The van der Waals surface area contributed by atoms with Crippen molar-refractivity contribution in [3.8, 4) is 10.4 Å². The van der Waals surface area contributed by atoms with Crippen molar-refractivity contribution in [3.05, 3.63) is 22.8 Å². The number of thiophene rings is 1. The Kier molecular flexibility index (Phi) is 3.61. The van der Waals surface area contributed by atoms with E-state index in [0.29, 0.717) is 12.8 Å². The van der Waals surface area contributed by atoms with Crippen LogP contribution >= 0.6 is 11.3 Å². The molecule has 23 heavy (non-hydrogen) atoms. The van der Waals surface area contributed by atoms with Crippen LogP contribution in [0.2, 0.25) is 0 Å². The van der Waals surface area contributed by atoms with Crippen LogP contribution in [0.3, 0.4) is 0 Å². The van der Waals surface area contributed by atoms with Crippen LogP contribution in [0.4, 0.5) is 5.69 Å². The van der Waals surface area contributed by atoms with Crippen LogP contribution in [-0.2, 0) is 0 Å². The lowest BCUT2D eigenvalue weighted by Crippen LogP contribution is -2.52. The summed E-state index contributed by atoms with van der Waals surface area (Å²) < 4.78 is 0. The zero-order valence-electron chi connectivity index (χ0n) is 13.4. The van der Waals surface area contributed by atoms with Crippen molar-refractivity contribution in [2.45, 2.75) is 32.9 Å². The number of nitrogens with zero attached hydrogens (tertiary/aromatic N) is 3. The molecular weight excluding hydrogens is 310 g/mol. The molecular formula is C16H21N5OS. The van der Waals surface area contributed by atoms with Crippen LogP contribution in [0.25, 0.3) is 10.4 Å². The number of rotatable bonds is 3. The molecule has 2 N–H and O–H groups in total. The van der Waals surface area contributed by atoms with Crippen molar-refractivity contribution in [3.63, 3.8) is 0 Å². The summed E-state index contributed by atoms with van der Waals surface area (Å²) >= 11 is 1.55. The zero-order chi connectivity index (χ0) is 16.0. The van der Waals surface area contributed by atoms with Crippen molar-refractivity contribution >= 4 is 22.9 Å². The quantitative estimate of drug-likeness (QED) is 0.906. The van der Waals surface area contributed by atoms with Gasteiger partial charge in [-0.25, -0.2) is 0 Å². The van der Waals surface area contributed by atoms with Gasteiger partial charge < -0.3 is 10.2 Å². The van der Waals surface area contributed by atoms with Gasteiger partial charge in [-0.05, 0) is 32.8 Å².